The molecule has 0 atom stereocenters. The molecule has 0 saturated heterocycles. The minimum absolute atomic E-state index is 0.638. The van der Waals surface area contributed by atoms with Gasteiger partial charge in [0.2, 0.25) is 0 Å². The molecule has 2 aromatic heterocycles. The van der Waals surface area contributed by atoms with Crippen molar-refractivity contribution in [2.75, 3.05) is 0 Å². The molecule has 0 aliphatic heterocycles. The van der Waals surface area contributed by atoms with Crippen molar-refractivity contribution in [3.8, 4) is 11.1 Å². The second-order valence-electron chi connectivity index (χ2n) is 3.77. The van der Waals surface area contributed by atoms with Crippen LogP contribution in [0.3, 0.4) is 0 Å². The minimum atomic E-state index is -0.840. The lowest BCUT2D eigenvalue weighted by molar-refractivity contribution is 0.509. The largest absolute Gasteiger partial charge is 0.306 e. The van der Waals surface area contributed by atoms with Gasteiger partial charge in [-0.3, -0.25) is 0 Å². The molecule has 3 aromatic rings. The van der Waals surface area contributed by atoms with Crippen molar-refractivity contribution in [1.82, 2.24) is 9.38 Å². The molecule has 4 heteroatoms. The van der Waals surface area contributed by atoms with Crippen LogP contribution in [-0.2, 0) is 0 Å². The van der Waals surface area contributed by atoms with E-state index in [1.807, 2.05) is 22.7 Å². The smallest absolute Gasteiger partial charge is 0.159 e. The third-order valence-electron chi connectivity index (χ3n) is 2.66. The van der Waals surface area contributed by atoms with Gasteiger partial charge in [-0.1, -0.05) is 12.1 Å². The number of nitrogens with zero attached hydrogens (tertiary/aromatic N) is 2. The van der Waals surface area contributed by atoms with E-state index in [1.165, 1.54) is 6.07 Å². The van der Waals surface area contributed by atoms with E-state index in [0.717, 1.165) is 17.1 Å². The lowest BCUT2D eigenvalue weighted by Crippen LogP contribution is -1.88. The van der Waals surface area contributed by atoms with Crippen molar-refractivity contribution in [3.63, 3.8) is 0 Å². The Hall–Kier alpha value is -2.23. The monoisotopic (exact) mass is 230 g/mol. The highest BCUT2D eigenvalue weighted by molar-refractivity contribution is 5.65. The highest BCUT2D eigenvalue weighted by Crippen LogP contribution is 2.22. The highest BCUT2D eigenvalue weighted by atomic mass is 19.2. The summed E-state index contributed by atoms with van der Waals surface area (Å²) < 4.78 is 27.8. The van der Waals surface area contributed by atoms with Crippen LogP contribution in [0.25, 0.3) is 16.6 Å². The Morgan fingerprint density at radius 2 is 1.76 bits per heavy atom. The van der Waals surface area contributed by atoms with Crippen molar-refractivity contribution in [1.29, 1.82) is 0 Å². The summed E-state index contributed by atoms with van der Waals surface area (Å²) in [4.78, 5) is 4.00. The lowest BCUT2D eigenvalue weighted by atomic mass is 10.1. The summed E-state index contributed by atoms with van der Waals surface area (Å²) in [5.74, 6) is -1.68. The fourth-order valence-electron chi connectivity index (χ4n) is 1.77. The standard InChI is InChI=1S/C13H8F2N2/c14-12-4-2-9(5-13(12)15)10-1-3-11-6-16-8-17(11)7-10/h1-8H. The van der Waals surface area contributed by atoms with Crippen LogP contribution in [0.5, 0.6) is 0 Å². The number of pyridine rings is 1. The maximum Gasteiger partial charge on any atom is 0.159 e. The first kappa shape index (κ1) is 9.96. The Morgan fingerprint density at radius 1 is 0.941 bits per heavy atom. The topological polar surface area (TPSA) is 17.3 Å². The van der Waals surface area contributed by atoms with E-state index in [1.54, 1.807) is 18.6 Å². The van der Waals surface area contributed by atoms with E-state index < -0.39 is 11.6 Å². The molecule has 2 nitrogen and oxygen atoms in total. The van der Waals surface area contributed by atoms with Gasteiger partial charge in [-0.2, -0.15) is 0 Å². The van der Waals surface area contributed by atoms with Crippen LogP contribution in [0.15, 0.2) is 49.1 Å². The molecule has 0 amide bonds. The molecular formula is C13H8F2N2. The van der Waals surface area contributed by atoms with Crippen LogP contribution in [-0.4, -0.2) is 9.38 Å². The molecule has 0 bridgehead atoms. The first-order valence-electron chi connectivity index (χ1n) is 5.11. The van der Waals surface area contributed by atoms with Gasteiger partial charge in [0.05, 0.1) is 18.0 Å². The normalized spacial score (nSPS) is 10.9. The average molecular weight is 230 g/mol. The highest BCUT2D eigenvalue weighted by Gasteiger charge is 2.05. The third-order valence-corrected chi connectivity index (χ3v) is 2.66. The second kappa shape index (κ2) is 3.66. The quantitative estimate of drug-likeness (QED) is 0.627. The molecule has 0 aliphatic carbocycles. The van der Waals surface area contributed by atoms with E-state index in [4.69, 9.17) is 0 Å². The molecule has 2 heterocycles. The summed E-state index contributed by atoms with van der Waals surface area (Å²) in [6, 6.07) is 7.60. The number of rotatable bonds is 1. The summed E-state index contributed by atoms with van der Waals surface area (Å²) in [5.41, 5.74) is 2.41. The maximum absolute atomic E-state index is 13.1. The molecule has 0 spiro atoms. The number of hydrogen-bond acceptors (Lipinski definition) is 1. The predicted octanol–water partition coefficient (Wildman–Crippen LogP) is 3.28. The van der Waals surface area contributed by atoms with Gasteiger partial charge >= 0.3 is 0 Å². The zero-order valence-electron chi connectivity index (χ0n) is 8.77. The summed E-state index contributed by atoms with van der Waals surface area (Å²) in [7, 11) is 0. The van der Waals surface area contributed by atoms with Gasteiger partial charge in [0.1, 0.15) is 0 Å². The van der Waals surface area contributed by atoms with E-state index >= 15 is 0 Å². The van der Waals surface area contributed by atoms with Crippen molar-refractivity contribution in [3.05, 3.63) is 60.7 Å². The summed E-state index contributed by atoms with van der Waals surface area (Å²) >= 11 is 0. The molecule has 0 N–H and O–H groups in total. The zero-order valence-corrected chi connectivity index (χ0v) is 8.77. The molecule has 0 fully saturated rings. The molecule has 0 radical (unpaired) electrons. The molecule has 0 aliphatic rings. The zero-order chi connectivity index (χ0) is 11.8. The Kier molecular flexibility index (Phi) is 2.14. The van der Waals surface area contributed by atoms with Crippen LogP contribution in [0, 0.1) is 11.6 Å². The Labute approximate surface area is 96.2 Å². The van der Waals surface area contributed by atoms with Crippen molar-refractivity contribution >= 4 is 5.52 Å². The molecular weight excluding hydrogens is 222 g/mol. The Morgan fingerprint density at radius 3 is 2.59 bits per heavy atom. The molecule has 17 heavy (non-hydrogen) atoms. The molecule has 84 valence electrons. The van der Waals surface area contributed by atoms with Gasteiger partial charge < -0.3 is 4.40 Å². The summed E-state index contributed by atoms with van der Waals surface area (Å²) in [6.07, 6.45) is 5.22. The summed E-state index contributed by atoms with van der Waals surface area (Å²) in [6.45, 7) is 0. The first-order valence-corrected chi connectivity index (χ1v) is 5.11. The van der Waals surface area contributed by atoms with E-state index in [0.29, 0.717) is 5.56 Å². The minimum Gasteiger partial charge on any atom is -0.306 e. The predicted molar refractivity (Wildman–Crippen MR) is 60.5 cm³/mol. The molecule has 3 rings (SSSR count). The maximum atomic E-state index is 13.1. The first-order chi connectivity index (χ1) is 8.24. The van der Waals surface area contributed by atoms with E-state index in [-0.39, 0.29) is 0 Å². The molecule has 0 saturated carbocycles. The lowest BCUT2D eigenvalue weighted by Gasteiger charge is -2.03. The van der Waals surface area contributed by atoms with E-state index in [9.17, 15) is 8.78 Å². The number of hydrogen-bond donors (Lipinski definition) is 0. The van der Waals surface area contributed by atoms with Gasteiger partial charge in [-0.05, 0) is 29.3 Å². The third kappa shape index (κ3) is 1.67. The SMILES string of the molecule is Fc1ccc(-c2ccc3cncn3c2)cc1F. The Balaban J connectivity index is 2.16. The van der Waals surface area contributed by atoms with Crippen LogP contribution in [0.2, 0.25) is 0 Å². The van der Waals surface area contributed by atoms with E-state index in [2.05, 4.69) is 4.98 Å². The van der Waals surface area contributed by atoms with Crippen molar-refractivity contribution in [2.24, 2.45) is 0 Å². The average Bonchev–Trinajstić information content (AvgIpc) is 2.79. The number of halogens is 2. The van der Waals surface area contributed by atoms with Gasteiger partial charge in [0.15, 0.2) is 11.6 Å². The summed E-state index contributed by atoms with van der Waals surface area (Å²) in [5, 5.41) is 0. The van der Waals surface area contributed by atoms with Crippen molar-refractivity contribution < 1.29 is 8.78 Å². The second-order valence-corrected chi connectivity index (χ2v) is 3.77. The molecule has 0 unspecified atom stereocenters. The number of fused-ring (bicyclic) bond motifs is 1. The van der Waals surface area contributed by atoms with Gasteiger partial charge in [0, 0.05) is 6.20 Å². The van der Waals surface area contributed by atoms with Crippen LogP contribution in [0.1, 0.15) is 0 Å². The van der Waals surface area contributed by atoms with Gasteiger partial charge in [0.25, 0.3) is 0 Å². The fraction of sp³-hybridized carbons (Fsp3) is 0. The molecule has 1 aromatic carbocycles. The number of imidazole rings is 1. The Bertz CT molecular complexity index is 689. The van der Waals surface area contributed by atoms with Crippen LogP contribution in [0.4, 0.5) is 8.78 Å². The number of aromatic nitrogens is 2. The van der Waals surface area contributed by atoms with Crippen LogP contribution < -0.4 is 0 Å². The number of benzene rings is 1. The van der Waals surface area contributed by atoms with Gasteiger partial charge in [-0.15, -0.1) is 0 Å². The fourth-order valence-corrected chi connectivity index (χ4v) is 1.77. The van der Waals surface area contributed by atoms with Crippen molar-refractivity contribution in [2.45, 2.75) is 0 Å². The van der Waals surface area contributed by atoms with Crippen LogP contribution >= 0.6 is 0 Å². The van der Waals surface area contributed by atoms with Gasteiger partial charge in [-0.25, -0.2) is 13.8 Å².